The van der Waals surface area contributed by atoms with Gasteiger partial charge in [0.05, 0.1) is 36.0 Å². The first-order valence-corrected chi connectivity index (χ1v) is 10.1. The van der Waals surface area contributed by atoms with Crippen LogP contribution in [0.4, 0.5) is 0 Å². The van der Waals surface area contributed by atoms with Crippen molar-refractivity contribution in [2.45, 2.75) is 63.7 Å². The highest BCUT2D eigenvalue weighted by Gasteiger charge is 2.39. The third kappa shape index (κ3) is 4.54. The molecule has 2 aromatic rings. The minimum absolute atomic E-state index is 0.291. The lowest BCUT2D eigenvalue weighted by Gasteiger charge is -2.21. The van der Waals surface area contributed by atoms with Crippen LogP contribution in [0.15, 0.2) is 36.4 Å². The van der Waals surface area contributed by atoms with E-state index in [2.05, 4.69) is 9.97 Å². The summed E-state index contributed by atoms with van der Waals surface area (Å²) in [4.78, 5) is 9.14. The summed E-state index contributed by atoms with van der Waals surface area (Å²) in [5.41, 5.74) is 2.12. The Bertz CT molecular complexity index is 829. The van der Waals surface area contributed by atoms with Gasteiger partial charge in [0.1, 0.15) is 24.4 Å². The molecule has 2 fully saturated rings. The van der Waals surface area contributed by atoms with Crippen LogP contribution in [0, 0.1) is 0 Å². The highest BCUT2D eigenvalue weighted by Crippen LogP contribution is 2.32. The topological polar surface area (TPSA) is 103 Å². The van der Waals surface area contributed by atoms with Crippen molar-refractivity contribution in [3.63, 3.8) is 0 Å². The third-order valence-electron chi connectivity index (χ3n) is 5.17. The van der Waals surface area contributed by atoms with Gasteiger partial charge in [-0.15, -0.1) is 0 Å². The Balaban J connectivity index is 1.54. The molecule has 162 valence electrons. The molecule has 0 bridgehead atoms. The normalized spacial score (nSPS) is 27.1. The van der Waals surface area contributed by atoms with Gasteiger partial charge in [-0.25, -0.2) is 9.97 Å². The molecule has 4 heterocycles. The van der Waals surface area contributed by atoms with E-state index in [0.29, 0.717) is 36.0 Å². The predicted molar refractivity (Wildman–Crippen MR) is 107 cm³/mol. The smallest absolute Gasteiger partial charge is 0.163 e. The van der Waals surface area contributed by atoms with Crippen LogP contribution in [0.2, 0.25) is 0 Å². The zero-order chi connectivity index (χ0) is 21.5. The maximum absolute atomic E-state index is 10.7. The number of ether oxygens (including phenoxy) is 4. The molecule has 2 saturated heterocycles. The van der Waals surface area contributed by atoms with Crippen LogP contribution in [-0.4, -0.2) is 57.2 Å². The molecule has 0 radical (unpaired) electrons. The molecule has 0 amide bonds. The molecular weight excluding hydrogens is 388 g/mol. The standard InChI is InChI=1S/C22H28N2O6/c1-21(2)27-11-17(29-21)19(25)15-9-5-7-13(23-15)14-8-6-10-16(24-14)20(26)18-12-28-22(3,4)30-18/h5-10,17-20,25-26H,11-12H2,1-4H3/t17-,18-,19+,20+/m1/s1. The van der Waals surface area contributed by atoms with E-state index in [1.807, 2.05) is 52.0 Å². The van der Waals surface area contributed by atoms with E-state index < -0.39 is 36.0 Å². The largest absolute Gasteiger partial charge is 0.384 e. The van der Waals surface area contributed by atoms with Gasteiger partial charge in [0.25, 0.3) is 0 Å². The van der Waals surface area contributed by atoms with Crippen molar-refractivity contribution in [3.05, 3.63) is 47.8 Å². The Morgan fingerprint density at radius 2 is 1.17 bits per heavy atom. The number of hydrogen-bond acceptors (Lipinski definition) is 8. The fourth-order valence-corrected chi connectivity index (χ4v) is 3.64. The van der Waals surface area contributed by atoms with E-state index in [0.717, 1.165) is 0 Å². The van der Waals surface area contributed by atoms with E-state index in [1.54, 1.807) is 12.1 Å². The van der Waals surface area contributed by atoms with Crippen molar-refractivity contribution in [1.82, 2.24) is 9.97 Å². The molecule has 0 aliphatic carbocycles. The SMILES string of the molecule is CC1(C)OC[C@H]([C@@H](O)c2cccc(-c3cccc([C@H](O)[C@H]4COC(C)(C)O4)n3)n2)O1. The van der Waals surface area contributed by atoms with Crippen molar-refractivity contribution >= 4 is 0 Å². The van der Waals surface area contributed by atoms with Gasteiger partial charge in [-0.2, -0.15) is 0 Å². The molecule has 2 aliphatic rings. The van der Waals surface area contributed by atoms with Crippen LogP contribution in [0.25, 0.3) is 11.4 Å². The van der Waals surface area contributed by atoms with E-state index in [1.165, 1.54) is 0 Å². The number of aliphatic hydroxyl groups excluding tert-OH is 2. The average Bonchev–Trinajstić information content (AvgIpc) is 3.28. The Labute approximate surface area is 175 Å². The van der Waals surface area contributed by atoms with Gasteiger partial charge < -0.3 is 29.2 Å². The lowest BCUT2D eigenvalue weighted by Crippen LogP contribution is -2.26. The van der Waals surface area contributed by atoms with E-state index in [4.69, 9.17) is 18.9 Å². The van der Waals surface area contributed by atoms with E-state index in [-0.39, 0.29) is 0 Å². The van der Waals surface area contributed by atoms with Crippen LogP contribution in [0.5, 0.6) is 0 Å². The first-order valence-electron chi connectivity index (χ1n) is 10.1. The average molecular weight is 416 g/mol. The van der Waals surface area contributed by atoms with Gasteiger partial charge in [-0.3, -0.25) is 0 Å². The fourth-order valence-electron chi connectivity index (χ4n) is 3.64. The second-order valence-electron chi connectivity index (χ2n) is 8.52. The van der Waals surface area contributed by atoms with Crippen molar-refractivity contribution in [1.29, 1.82) is 0 Å². The third-order valence-corrected chi connectivity index (χ3v) is 5.17. The van der Waals surface area contributed by atoms with Crippen molar-refractivity contribution < 1.29 is 29.2 Å². The maximum Gasteiger partial charge on any atom is 0.163 e. The summed E-state index contributed by atoms with van der Waals surface area (Å²) in [6, 6.07) is 10.7. The quantitative estimate of drug-likeness (QED) is 0.766. The fraction of sp³-hybridized carbons (Fsp3) is 0.545. The molecule has 2 aliphatic heterocycles. The minimum atomic E-state index is -0.924. The molecule has 8 heteroatoms. The molecular formula is C22H28N2O6. The predicted octanol–water partition coefficient (Wildman–Crippen LogP) is 2.51. The number of nitrogens with zero attached hydrogens (tertiary/aromatic N) is 2. The molecule has 2 aromatic heterocycles. The minimum Gasteiger partial charge on any atom is -0.384 e. The van der Waals surface area contributed by atoms with Gasteiger partial charge in [0, 0.05) is 0 Å². The van der Waals surface area contributed by atoms with Gasteiger partial charge in [-0.1, -0.05) is 12.1 Å². The van der Waals surface area contributed by atoms with Crippen LogP contribution in [0.1, 0.15) is 51.3 Å². The van der Waals surface area contributed by atoms with Gasteiger partial charge in [-0.05, 0) is 52.0 Å². The summed E-state index contributed by atoms with van der Waals surface area (Å²) < 4.78 is 22.6. The second-order valence-corrected chi connectivity index (χ2v) is 8.52. The molecule has 0 saturated carbocycles. The summed E-state index contributed by atoms with van der Waals surface area (Å²) in [5.74, 6) is -1.45. The van der Waals surface area contributed by atoms with E-state index >= 15 is 0 Å². The van der Waals surface area contributed by atoms with Crippen LogP contribution in [0.3, 0.4) is 0 Å². The van der Waals surface area contributed by atoms with Gasteiger partial charge in [0.15, 0.2) is 11.6 Å². The molecule has 4 atom stereocenters. The summed E-state index contributed by atoms with van der Waals surface area (Å²) in [5, 5.41) is 21.4. The first kappa shape index (κ1) is 21.3. The monoisotopic (exact) mass is 416 g/mol. The maximum atomic E-state index is 10.7. The molecule has 4 rings (SSSR count). The molecule has 8 nitrogen and oxygen atoms in total. The molecule has 30 heavy (non-hydrogen) atoms. The Kier molecular flexibility index (Phi) is 5.65. The van der Waals surface area contributed by atoms with Crippen molar-refractivity contribution in [3.8, 4) is 11.4 Å². The zero-order valence-corrected chi connectivity index (χ0v) is 17.6. The Hall–Kier alpha value is -1.94. The summed E-state index contributed by atoms with van der Waals surface area (Å²) in [6.07, 6.45) is -2.84. The lowest BCUT2D eigenvalue weighted by atomic mass is 10.1. The Morgan fingerprint density at radius 3 is 1.50 bits per heavy atom. The highest BCUT2D eigenvalue weighted by molar-refractivity contribution is 5.54. The summed E-state index contributed by atoms with van der Waals surface area (Å²) >= 11 is 0. The highest BCUT2D eigenvalue weighted by atomic mass is 16.8. The number of rotatable bonds is 5. The Morgan fingerprint density at radius 1 is 0.767 bits per heavy atom. The number of aromatic nitrogens is 2. The van der Waals surface area contributed by atoms with Crippen LogP contribution < -0.4 is 0 Å². The molecule has 0 unspecified atom stereocenters. The molecule has 0 aromatic carbocycles. The van der Waals surface area contributed by atoms with Crippen LogP contribution in [-0.2, 0) is 18.9 Å². The van der Waals surface area contributed by atoms with Crippen molar-refractivity contribution in [2.24, 2.45) is 0 Å². The summed E-state index contributed by atoms with van der Waals surface area (Å²) in [7, 11) is 0. The molecule has 0 spiro atoms. The van der Waals surface area contributed by atoms with Crippen LogP contribution >= 0.6 is 0 Å². The van der Waals surface area contributed by atoms with Gasteiger partial charge in [0.2, 0.25) is 0 Å². The van der Waals surface area contributed by atoms with Gasteiger partial charge >= 0.3 is 0 Å². The number of pyridine rings is 2. The zero-order valence-electron chi connectivity index (χ0n) is 17.6. The lowest BCUT2D eigenvalue weighted by molar-refractivity contribution is -0.152. The number of aliphatic hydroxyl groups is 2. The summed E-state index contributed by atoms with van der Waals surface area (Å²) in [6.45, 7) is 7.82. The number of hydrogen-bond donors (Lipinski definition) is 2. The molecule has 2 N–H and O–H groups in total. The second kappa shape index (κ2) is 7.96. The van der Waals surface area contributed by atoms with Crippen molar-refractivity contribution in [2.75, 3.05) is 13.2 Å². The van der Waals surface area contributed by atoms with E-state index in [9.17, 15) is 10.2 Å². The first-order chi connectivity index (χ1) is 14.1.